The molecule has 1 heterocycles. The third kappa shape index (κ3) is 1.39. The fraction of sp³-hybridized carbons (Fsp3) is 0.727. The van der Waals surface area contributed by atoms with Crippen molar-refractivity contribution in [1.29, 1.82) is 0 Å². The van der Waals surface area contributed by atoms with Crippen molar-refractivity contribution in [3.63, 3.8) is 0 Å². The van der Waals surface area contributed by atoms with Gasteiger partial charge in [-0.15, -0.1) is 11.3 Å². The topological polar surface area (TPSA) is 38.9 Å². The standard InChI is InChI=1S/C11H18N2S/c1-6(2)10-13-7(5-14-10)8-9(12)11(8,3)4/h5-6,8-9H,12H2,1-4H3/t8-,9-/m0/s1. The van der Waals surface area contributed by atoms with Gasteiger partial charge in [-0.1, -0.05) is 27.7 Å². The van der Waals surface area contributed by atoms with Gasteiger partial charge < -0.3 is 5.73 Å². The summed E-state index contributed by atoms with van der Waals surface area (Å²) >= 11 is 1.76. The predicted molar refractivity (Wildman–Crippen MR) is 60.7 cm³/mol. The first-order chi connectivity index (χ1) is 6.44. The summed E-state index contributed by atoms with van der Waals surface area (Å²) in [4.78, 5) is 4.66. The van der Waals surface area contributed by atoms with E-state index in [0.717, 1.165) is 0 Å². The smallest absolute Gasteiger partial charge is 0.0953 e. The van der Waals surface area contributed by atoms with Crippen LogP contribution in [0.15, 0.2) is 5.38 Å². The van der Waals surface area contributed by atoms with Crippen molar-refractivity contribution < 1.29 is 0 Å². The highest BCUT2D eigenvalue weighted by atomic mass is 32.1. The molecule has 0 unspecified atom stereocenters. The first-order valence-corrected chi connectivity index (χ1v) is 6.03. The van der Waals surface area contributed by atoms with E-state index < -0.39 is 0 Å². The summed E-state index contributed by atoms with van der Waals surface area (Å²) in [5.74, 6) is 1.01. The summed E-state index contributed by atoms with van der Waals surface area (Å²) in [5, 5.41) is 3.41. The number of rotatable bonds is 2. The Morgan fingerprint density at radius 2 is 2.07 bits per heavy atom. The average molecular weight is 210 g/mol. The van der Waals surface area contributed by atoms with E-state index in [-0.39, 0.29) is 5.41 Å². The van der Waals surface area contributed by atoms with Gasteiger partial charge >= 0.3 is 0 Å². The van der Waals surface area contributed by atoms with Crippen molar-refractivity contribution in [3.8, 4) is 0 Å². The highest BCUT2D eigenvalue weighted by Gasteiger charge is 2.57. The summed E-state index contributed by atoms with van der Waals surface area (Å²) in [6, 6.07) is 0.296. The number of hydrogen-bond donors (Lipinski definition) is 1. The summed E-state index contributed by atoms with van der Waals surface area (Å²) in [7, 11) is 0. The third-order valence-electron chi connectivity index (χ3n) is 3.26. The van der Waals surface area contributed by atoms with Crippen LogP contribution in [0.1, 0.15) is 50.2 Å². The Labute approximate surface area is 89.5 Å². The van der Waals surface area contributed by atoms with Crippen LogP contribution in [0.25, 0.3) is 0 Å². The molecule has 78 valence electrons. The van der Waals surface area contributed by atoms with Gasteiger partial charge in [0.05, 0.1) is 10.7 Å². The molecular weight excluding hydrogens is 192 g/mol. The van der Waals surface area contributed by atoms with Crippen molar-refractivity contribution in [2.75, 3.05) is 0 Å². The molecule has 0 saturated heterocycles. The van der Waals surface area contributed by atoms with E-state index in [0.29, 0.717) is 17.9 Å². The summed E-state index contributed by atoms with van der Waals surface area (Å²) in [5.41, 5.74) is 7.48. The SMILES string of the molecule is CC(C)c1nc([C@H]2[C@H](N)C2(C)C)cs1. The zero-order valence-corrected chi connectivity index (χ0v) is 10.1. The minimum absolute atomic E-state index is 0.252. The Hall–Kier alpha value is -0.410. The minimum atomic E-state index is 0.252. The lowest BCUT2D eigenvalue weighted by Crippen LogP contribution is -2.06. The van der Waals surface area contributed by atoms with Crippen LogP contribution in [0.2, 0.25) is 0 Å². The van der Waals surface area contributed by atoms with Crippen molar-refractivity contribution in [2.24, 2.45) is 11.1 Å². The maximum absolute atomic E-state index is 6.03. The van der Waals surface area contributed by atoms with Crippen LogP contribution >= 0.6 is 11.3 Å². The van der Waals surface area contributed by atoms with E-state index >= 15 is 0 Å². The largest absolute Gasteiger partial charge is 0.327 e. The van der Waals surface area contributed by atoms with E-state index in [4.69, 9.17) is 5.73 Å². The lowest BCUT2D eigenvalue weighted by atomic mass is 10.1. The Morgan fingerprint density at radius 3 is 2.43 bits per heavy atom. The lowest BCUT2D eigenvalue weighted by Gasteiger charge is -1.99. The Balaban J connectivity index is 2.20. The molecule has 2 N–H and O–H groups in total. The van der Waals surface area contributed by atoms with Gasteiger partial charge in [0.1, 0.15) is 0 Å². The van der Waals surface area contributed by atoms with Gasteiger partial charge in [0, 0.05) is 23.3 Å². The molecular formula is C11H18N2S. The highest BCUT2D eigenvalue weighted by Crippen LogP contribution is 2.57. The van der Waals surface area contributed by atoms with Crippen molar-refractivity contribution in [1.82, 2.24) is 4.98 Å². The minimum Gasteiger partial charge on any atom is -0.327 e. The van der Waals surface area contributed by atoms with Gasteiger partial charge in [0.15, 0.2) is 0 Å². The van der Waals surface area contributed by atoms with Gasteiger partial charge in [0.2, 0.25) is 0 Å². The molecule has 0 aromatic carbocycles. The highest BCUT2D eigenvalue weighted by molar-refractivity contribution is 7.09. The molecule has 0 bridgehead atoms. The molecule has 14 heavy (non-hydrogen) atoms. The second-order valence-corrected chi connectivity index (χ2v) is 5.98. The fourth-order valence-electron chi connectivity index (χ4n) is 1.95. The van der Waals surface area contributed by atoms with Crippen LogP contribution in [0.5, 0.6) is 0 Å². The second kappa shape index (κ2) is 3.04. The first-order valence-electron chi connectivity index (χ1n) is 5.15. The maximum atomic E-state index is 6.03. The van der Waals surface area contributed by atoms with Crippen molar-refractivity contribution in [2.45, 2.75) is 45.6 Å². The van der Waals surface area contributed by atoms with Crippen molar-refractivity contribution in [3.05, 3.63) is 16.1 Å². The van der Waals surface area contributed by atoms with Crippen LogP contribution in [-0.2, 0) is 0 Å². The monoisotopic (exact) mass is 210 g/mol. The molecule has 0 spiro atoms. The predicted octanol–water partition coefficient (Wildman–Crippen LogP) is 2.72. The molecule has 3 heteroatoms. The first kappa shape index (κ1) is 10.1. The second-order valence-electron chi connectivity index (χ2n) is 5.09. The molecule has 0 aliphatic heterocycles. The summed E-state index contributed by atoms with van der Waals surface area (Å²) in [6.45, 7) is 8.80. The quantitative estimate of drug-likeness (QED) is 0.815. The van der Waals surface area contributed by atoms with Gasteiger partial charge in [-0.25, -0.2) is 4.98 Å². The molecule has 1 aliphatic rings. The van der Waals surface area contributed by atoms with E-state index in [9.17, 15) is 0 Å². The maximum Gasteiger partial charge on any atom is 0.0953 e. The summed E-state index contributed by atoms with van der Waals surface area (Å²) < 4.78 is 0. The molecule has 1 aromatic rings. The zero-order valence-electron chi connectivity index (χ0n) is 9.24. The molecule has 2 nitrogen and oxygen atoms in total. The van der Waals surface area contributed by atoms with Crippen LogP contribution in [0, 0.1) is 5.41 Å². The van der Waals surface area contributed by atoms with Crippen LogP contribution in [-0.4, -0.2) is 11.0 Å². The average Bonchev–Trinajstić information content (AvgIpc) is 2.55. The molecule has 2 rings (SSSR count). The van der Waals surface area contributed by atoms with Crippen LogP contribution < -0.4 is 5.73 Å². The van der Waals surface area contributed by atoms with Gasteiger partial charge in [-0.05, 0) is 5.41 Å². The number of hydrogen-bond acceptors (Lipinski definition) is 3. The van der Waals surface area contributed by atoms with Gasteiger partial charge in [0.25, 0.3) is 0 Å². The van der Waals surface area contributed by atoms with E-state index in [1.807, 2.05) is 0 Å². The fourth-order valence-corrected chi connectivity index (χ4v) is 2.82. The third-order valence-corrected chi connectivity index (χ3v) is 4.43. The molecule has 1 fully saturated rings. The number of nitrogens with zero attached hydrogens (tertiary/aromatic N) is 1. The molecule has 1 aromatic heterocycles. The van der Waals surface area contributed by atoms with Crippen LogP contribution in [0.3, 0.4) is 0 Å². The van der Waals surface area contributed by atoms with E-state index in [1.165, 1.54) is 10.7 Å². The number of nitrogens with two attached hydrogens (primary N) is 1. The van der Waals surface area contributed by atoms with E-state index in [1.54, 1.807) is 11.3 Å². The zero-order chi connectivity index (χ0) is 10.5. The molecule has 1 saturated carbocycles. The number of aromatic nitrogens is 1. The van der Waals surface area contributed by atoms with Gasteiger partial charge in [-0.3, -0.25) is 0 Å². The molecule has 0 radical (unpaired) electrons. The normalized spacial score (nSPS) is 29.6. The lowest BCUT2D eigenvalue weighted by molar-refractivity contribution is 0.595. The Morgan fingerprint density at radius 1 is 1.50 bits per heavy atom. The number of thiazole rings is 1. The Kier molecular flexibility index (Phi) is 2.20. The van der Waals surface area contributed by atoms with E-state index in [2.05, 4.69) is 38.1 Å². The molecule has 2 atom stereocenters. The Bertz CT molecular complexity index is 341. The molecule has 1 aliphatic carbocycles. The summed E-state index contributed by atoms with van der Waals surface area (Å²) in [6.07, 6.45) is 0. The van der Waals surface area contributed by atoms with Crippen molar-refractivity contribution >= 4 is 11.3 Å². The van der Waals surface area contributed by atoms with Gasteiger partial charge in [-0.2, -0.15) is 0 Å². The molecule has 0 amide bonds. The van der Waals surface area contributed by atoms with Crippen LogP contribution in [0.4, 0.5) is 0 Å².